The number of unbranched alkanes of at least 4 members (excludes halogenated alkanes) is 2. The Morgan fingerprint density at radius 2 is 1.56 bits per heavy atom. The molecule has 1 atom stereocenters. The van der Waals surface area contributed by atoms with Crippen LogP contribution in [0, 0.1) is 5.82 Å². The number of nitrogens with zero attached hydrogens (tertiary/aromatic N) is 9. The van der Waals surface area contributed by atoms with Crippen molar-refractivity contribution in [3.8, 4) is 0 Å². The number of piperazine rings is 2. The molecule has 0 spiro atoms. The lowest BCUT2D eigenvalue weighted by atomic mass is 10.0. The van der Waals surface area contributed by atoms with Gasteiger partial charge in [-0.05, 0) is 101 Å². The summed E-state index contributed by atoms with van der Waals surface area (Å²) in [6.45, 7) is 14.2. The topological polar surface area (TPSA) is 167 Å². The second kappa shape index (κ2) is 23.0. The van der Waals surface area contributed by atoms with Gasteiger partial charge in [0.15, 0.2) is 15.7 Å². The summed E-state index contributed by atoms with van der Waals surface area (Å²) < 4.78 is 39.8. The van der Waals surface area contributed by atoms with Crippen molar-refractivity contribution < 1.29 is 17.6 Å². The van der Waals surface area contributed by atoms with E-state index in [9.17, 15) is 17.6 Å². The third-order valence-electron chi connectivity index (χ3n) is 12.8. The number of carbonyl (C=O) groups excluding carboxylic acids is 1. The Bertz CT molecular complexity index is 2560. The number of nitrogens with one attached hydrogen (secondary N) is 4. The Labute approximate surface area is 404 Å². The molecule has 0 unspecified atom stereocenters. The zero-order chi connectivity index (χ0) is 47.5. The first-order valence-corrected chi connectivity index (χ1v) is 25.7. The number of halogens is 2. The van der Waals surface area contributed by atoms with Gasteiger partial charge in [-0.3, -0.25) is 14.6 Å². The summed E-state index contributed by atoms with van der Waals surface area (Å²) in [5.74, 6) is 2.23. The van der Waals surface area contributed by atoms with E-state index in [4.69, 9.17) is 11.6 Å². The van der Waals surface area contributed by atoms with Crippen LogP contribution in [0.5, 0.6) is 0 Å². The number of rotatable bonds is 19. The molecular formula is C49H63ClFN13O3S. The zero-order valence-electron chi connectivity index (χ0n) is 39.0. The quantitative estimate of drug-likeness (QED) is 0.0622. The molecule has 5 aromatic rings. The van der Waals surface area contributed by atoms with Crippen molar-refractivity contribution in [2.45, 2.75) is 62.1 Å². The summed E-state index contributed by atoms with van der Waals surface area (Å²) >= 11 is 6.42. The molecule has 3 aromatic carbocycles. The van der Waals surface area contributed by atoms with E-state index in [1.54, 1.807) is 56.6 Å². The van der Waals surface area contributed by atoms with Crippen LogP contribution < -0.4 is 36.0 Å². The van der Waals surface area contributed by atoms with E-state index >= 15 is 0 Å². The summed E-state index contributed by atoms with van der Waals surface area (Å²) in [6, 6.07) is 23.8. The molecule has 3 saturated heterocycles. The molecular weight excluding hydrogens is 905 g/mol. The van der Waals surface area contributed by atoms with Gasteiger partial charge in [0.2, 0.25) is 11.9 Å². The third kappa shape index (κ3) is 13.0. The predicted octanol–water partition coefficient (Wildman–Crippen LogP) is 7.04. The molecule has 0 saturated carbocycles. The SMILES string of the molecule is CC(C)S(=O)(=O)c1ccccc1Nc1nc(Nc2ccc(N3CCN(CC(=O)NCCCCCN4CCN(c5cc(N[C@@H]6CCCN(c7cccc(F)c7)C6)ncn5)CC4)CC3)cc2)ncc1Cl. The molecule has 3 fully saturated rings. The number of carbonyl (C=O) groups is 1. The first kappa shape index (κ1) is 48.6. The van der Waals surface area contributed by atoms with Gasteiger partial charge < -0.3 is 36.0 Å². The molecule has 5 heterocycles. The van der Waals surface area contributed by atoms with Crippen LogP contribution in [-0.4, -0.2) is 140 Å². The number of piperidine rings is 1. The van der Waals surface area contributed by atoms with Crippen LogP contribution in [0.1, 0.15) is 46.0 Å². The molecule has 2 aromatic heterocycles. The van der Waals surface area contributed by atoms with E-state index in [-0.39, 0.29) is 33.5 Å². The van der Waals surface area contributed by atoms with Crippen molar-refractivity contribution in [1.82, 2.24) is 35.1 Å². The van der Waals surface area contributed by atoms with E-state index < -0.39 is 15.1 Å². The van der Waals surface area contributed by atoms with Gasteiger partial charge in [-0.1, -0.05) is 36.2 Å². The fraction of sp³-hybridized carbons (Fsp3) is 0.449. The van der Waals surface area contributed by atoms with E-state index in [0.29, 0.717) is 24.7 Å². The van der Waals surface area contributed by atoms with Crippen LogP contribution in [0.3, 0.4) is 0 Å². The second-order valence-corrected chi connectivity index (χ2v) is 20.8. The van der Waals surface area contributed by atoms with Gasteiger partial charge in [-0.15, -0.1) is 0 Å². The van der Waals surface area contributed by atoms with Crippen LogP contribution >= 0.6 is 11.6 Å². The number of benzene rings is 3. The van der Waals surface area contributed by atoms with Gasteiger partial charge in [0.25, 0.3) is 0 Å². The molecule has 3 aliphatic rings. The third-order valence-corrected chi connectivity index (χ3v) is 15.3. The number of hydrogen-bond acceptors (Lipinski definition) is 15. The average molecular weight is 969 g/mol. The van der Waals surface area contributed by atoms with Crippen molar-refractivity contribution in [1.29, 1.82) is 0 Å². The summed E-state index contributed by atoms with van der Waals surface area (Å²) in [5.41, 5.74) is 3.18. The molecule has 3 aliphatic heterocycles. The number of hydrogen-bond donors (Lipinski definition) is 4. The molecule has 68 heavy (non-hydrogen) atoms. The fourth-order valence-corrected chi connectivity index (χ4v) is 10.2. The molecule has 8 rings (SSSR count). The fourth-order valence-electron chi connectivity index (χ4n) is 8.90. The van der Waals surface area contributed by atoms with Crippen LogP contribution in [0.15, 0.2) is 96.3 Å². The minimum absolute atomic E-state index is 0.0743. The highest BCUT2D eigenvalue weighted by Gasteiger charge is 2.25. The highest BCUT2D eigenvalue weighted by Crippen LogP contribution is 2.31. The second-order valence-electron chi connectivity index (χ2n) is 18.0. The lowest BCUT2D eigenvalue weighted by Gasteiger charge is -2.36. The van der Waals surface area contributed by atoms with Crippen LogP contribution in [0.25, 0.3) is 0 Å². The standard InChI is InChI=1S/C49H63ClFN13O3S/c1-36(2)68(66,67)44-14-5-4-13-43(44)58-48-42(50)32-53-49(59-48)57-38-15-17-40(18-16-38)62-26-24-61(25-27-62)34-47(65)52-19-6-3-7-20-60-22-28-63(29-23-60)46-31-45(54-35-55-46)56-39-11-9-21-64(33-39)41-12-8-10-37(51)30-41/h4-5,8,10,12-18,30-32,35-36,39H,3,6-7,9,11,19-29,33-34H2,1-2H3,(H,52,65)(H,54,55,56)(H2,53,57,58,59)/t39-/m1/s1. The summed E-state index contributed by atoms with van der Waals surface area (Å²) in [4.78, 5) is 42.6. The van der Waals surface area contributed by atoms with E-state index in [1.807, 2.05) is 30.3 Å². The van der Waals surface area contributed by atoms with Crippen molar-refractivity contribution in [3.63, 3.8) is 0 Å². The molecule has 19 heteroatoms. The van der Waals surface area contributed by atoms with Gasteiger partial charge in [0.1, 0.15) is 28.8 Å². The maximum Gasteiger partial charge on any atom is 0.234 e. The van der Waals surface area contributed by atoms with Crippen molar-refractivity contribution in [2.24, 2.45) is 0 Å². The minimum Gasteiger partial charge on any atom is -0.369 e. The zero-order valence-corrected chi connectivity index (χ0v) is 40.5. The van der Waals surface area contributed by atoms with Crippen LogP contribution in [0.2, 0.25) is 5.02 Å². The molecule has 16 nitrogen and oxygen atoms in total. The first-order valence-electron chi connectivity index (χ1n) is 23.8. The number of para-hydroxylation sites is 1. The first-order chi connectivity index (χ1) is 33.0. The smallest absolute Gasteiger partial charge is 0.234 e. The predicted molar refractivity (Wildman–Crippen MR) is 270 cm³/mol. The van der Waals surface area contributed by atoms with Gasteiger partial charge in [0, 0.05) is 101 Å². The molecule has 1 amide bonds. The van der Waals surface area contributed by atoms with Crippen LogP contribution in [0.4, 0.5) is 50.5 Å². The molecule has 0 bridgehead atoms. The lowest BCUT2D eigenvalue weighted by molar-refractivity contribution is -0.122. The maximum absolute atomic E-state index is 13.8. The van der Waals surface area contributed by atoms with Crippen LogP contribution in [-0.2, 0) is 14.6 Å². The summed E-state index contributed by atoms with van der Waals surface area (Å²) in [6.07, 6.45) is 8.32. The number of amides is 1. The van der Waals surface area contributed by atoms with Gasteiger partial charge in [-0.25, -0.2) is 27.8 Å². The van der Waals surface area contributed by atoms with Crippen molar-refractivity contribution >= 4 is 73.5 Å². The average Bonchev–Trinajstić information content (AvgIpc) is 3.34. The Morgan fingerprint density at radius 1 is 0.794 bits per heavy atom. The monoisotopic (exact) mass is 967 g/mol. The Balaban J connectivity index is 0.687. The lowest BCUT2D eigenvalue weighted by Crippen LogP contribution is -2.49. The Hall–Kier alpha value is -5.82. The highest BCUT2D eigenvalue weighted by atomic mass is 35.5. The molecule has 0 aliphatic carbocycles. The molecule has 4 N–H and O–H groups in total. The van der Waals surface area contributed by atoms with E-state index in [1.165, 1.54) is 12.3 Å². The van der Waals surface area contributed by atoms with E-state index in [2.05, 4.69) is 71.8 Å². The highest BCUT2D eigenvalue weighted by molar-refractivity contribution is 7.92. The Morgan fingerprint density at radius 3 is 2.34 bits per heavy atom. The molecule has 362 valence electrons. The minimum atomic E-state index is -3.54. The number of anilines is 8. The van der Waals surface area contributed by atoms with Gasteiger partial charge in [-0.2, -0.15) is 4.98 Å². The maximum atomic E-state index is 13.8. The molecule has 0 radical (unpaired) electrons. The van der Waals surface area contributed by atoms with Gasteiger partial charge >= 0.3 is 0 Å². The Kier molecular flexibility index (Phi) is 16.4. The normalized spacial score (nSPS) is 17.3. The number of sulfone groups is 1. The number of aromatic nitrogens is 4. The van der Waals surface area contributed by atoms with Gasteiger partial charge in [0.05, 0.1) is 28.6 Å². The summed E-state index contributed by atoms with van der Waals surface area (Å²) in [5, 5.41) is 12.7. The van der Waals surface area contributed by atoms with Crippen molar-refractivity contribution in [3.05, 3.63) is 102 Å². The van der Waals surface area contributed by atoms with Crippen molar-refractivity contribution in [2.75, 3.05) is 116 Å². The largest absolute Gasteiger partial charge is 0.369 e. The summed E-state index contributed by atoms with van der Waals surface area (Å²) in [7, 11) is -3.54. The van der Waals surface area contributed by atoms with E-state index in [0.717, 1.165) is 133 Å².